The molecule has 6 nitrogen and oxygen atoms in total. The van der Waals surface area contributed by atoms with Gasteiger partial charge < -0.3 is 14.0 Å². The molecule has 0 spiro atoms. The van der Waals surface area contributed by atoms with Gasteiger partial charge in [-0.05, 0) is 37.4 Å². The quantitative estimate of drug-likeness (QED) is 0.476. The minimum atomic E-state index is -0.310. The molecule has 0 radical (unpaired) electrons. The summed E-state index contributed by atoms with van der Waals surface area (Å²) in [5.41, 5.74) is 6.15. The zero-order valence-electron chi connectivity index (χ0n) is 19.3. The summed E-state index contributed by atoms with van der Waals surface area (Å²) in [6.45, 7) is 3.14. The summed E-state index contributed by atoms with van der Waals surface area (Å²) >= 11 is 0. The zero-order chi connectivity index (χ0) is 23.1. The number of carbonyl (C=O) groups excluding carboxylic acids is 2. The lowest BCUT2D eigenvalue weighted by atomic mass is 9.85. The van der Waals surface area contributed by atoms with Gasteiger partial charge in [0, 0.05) is 71.5 Å². The molecule has 2 aromatic carbocycles. The number of rotatable bonds is 2. The Balaban J connectivity index is 1.54. The summed E-state index contributed by atoms with van der Waals surface area (Å²) in [5.74, 6) is 0.585. The molecule has 5 heterocycles. The number of amides is 2. The summed E-state index contributed by atoms with van der Waals surface area (Å²) in [6.07, 6.45) is 2.90. The van der Waals surface area contributed by atoms with Crippen molar-refractivity contribution in [3.8, 4) is 0 Å². The Labute approximate surface area is 197 Å². The number of aromatic nitrogens is 2. The van der Waals surface area contributed by atoms with Crippen molar-refractivity contribution < 1.29 is 9.59 Å². The molecule has 0 aliphatic carbocycles. The minimum absolute atomic E-state index is 0.294. The van der Waals surface area contributed by atoms with Crippen LogP contribution < -0.4 is 5.32 Å². The van der Waals surface area contributed by atoms with E-state index in [-0.39, 0.29) is 11.8 Å². The number of imide groups is 1. The van der Waals surface area contributed by atoms with E-state index in [4.69, 9.17) is 0 Å². The third kappa shape index (κ3) is 2.60. The SMILES string of the molecule is CN1C[C@H]2Cc3c(C4=C(c5cn(C)c6ccccc56)C(=O)NC4=O)c4ccccc4n3C[C@H]2C1. The van der Waals surface area contributed by atoms with E-state index in [1.807, 2.05) is 48.1 Å². The molecule has 2 aromatic heterocycles. The number of para-hydroxylation sites is 2. The van der Waals surface area contributed by atoms with E-state index >= 15 is 0 Å². The number of benzene rings is 2. The molecule has 7 rings (SSSR count). The van der Waals surface area contributed by atoms with Crippen LogP contribution in [0, 0.1) is 11.8 Å². The molecule has 1 saturated heterocycles. The second-order valence-electron chi connectivity index (χ2n) is 10.1. The summed E-state index contributed by atoms with van der Waals surface area (Å²) in [7, 11) is 4.17. The van der Waals surface area contributed by atoms with E-state index < -0.39 is 0 Å². The topological polar surface area (TPSA) is 59.3 Å². The highest BCUT2D eigenvalue weighted by molar-refractivity contribution is 6.51. The maximum atomic E-state index is 13.4. The molecule has 34 heavy (non-hydrogen) atoms. The van der Waals surface area contributed by atoms with Gasteiger partial charge in [-0.15, -0.1) is 0 Å². The summed E-state index contributed by atoms with van der Waals surface area (Å²) in [5, 5.41) is 4.67. The standard InChI is InChI=1S/C28H26N4O2/c1-30-12-16-11-23-24(19-8-4-6-10-22(19)32(23)14-17(16)13-30)26-25(27(33)29-28(26)34)20-15-31(2)21-9-5-3-7-18(20)21/h3-10,15-17H,11-14H2,1-2H3,(H,29,33,34)/t16-,17-/m1/s1. The fourth-order valence-corrected chi connectivity index (χ4v) is 6.64. The predicted octanol–water partition coefficient (Wildman–Crippen LogP) is 3.43. The number of likely N-dealkylation sites (tertiary alicyclic amines) is 1. The fraction of sp³-hybridized carbons (Fsp3) is 0.286. The highest BCUT2D eigenvalue weighted by Crippen LogP contribution is 2.44. The first-order valence-electron chi connectivity index (χ1n) is 11.9. The van der Waals surface area contributed by atoms with E-state index in [1.165, 1.54) is 5.69 Å². The van der Waals surface area contributed by atoms with Crippen LogP contribution in [0.2, 0.25) is 0 Å². The Hall–Kier alpha value is -3.64. The van der Waals surface area contributed by atoms with Gasteiger partial charge in [-0.3, -0.25) is 14.9 Å². The Kier molecular flexibility index (Phi) is 4.04. The third-order valence-corrected chi connectivity index (χ3v) is 8.06. The summed E-state index contributed by atoms with van der Waals surface area (Å²) in [6, 6.07) is 16.4. The van der Waals surface area contributed by atoms with Crippen LogP contribution in [-0.2, 0) is 29.6 Å². The van der Waals surface area contributed by atoms with E-state index in [0.717, 1.165) is 59.0 Å². The molecule has 6 heteroatoms. The van der Waals surface area contributed by atoms with Crippen LogP contribution in [0.25, 0.3) is 33.0 Å². The molecule has 2 amide bonds. The van der Waals surface area contributed by atoms with Crippen LogP contribution in [0.4, 0.5) is 0 Å². The largest absolute Gasteiger partial charge is 0.350 e. The number of aryl methyl sites for hydroxylation is 1. The highest BCUT2D eigenvalue weighted by Gasteiger charge is 2.41. The highest BCUT2D eigenvalue weighted by atomic mass is 16.2. The molecule has 0 unspecified atom stereocenters. The Morgan fingerprint density at radius 2 is 1.47 bits per heavy atom. The molecule has 3 aliphatic heterocycles. The molecule has 1 N–H and O–H groups in total. The molecular formula is C28H26N4O2. The van der Waals surface area contributed by atoms with Crippen molar-refractivity contribution >= 4 is 44.8 Å². The number of fused-ring (bicyclic) bond motifs is 5. The lowest BCUT2D eigenvalue weighted by molar-refractivity contribution is -0.122. The van der Waals surface area contributed by atoms with Crippen LogP contribution in [0.3, 0.4) is 0 Å². The Morgan fingerprint density at radius 3 is 2.29 bits per heavy atom. The number of carbonyl (C=O) groups is 2. The molecular weight excluding hydrogens is 424 g/mol. The summed E-state index contributed by atoms with van der Waals surface area (Å²) in [4.78, 5) is 29.1. The van der Waals surface area contributed by atoms with Gasteiger partial charge in [0.1, 0.15) is 0 Å². The monoisotopic (exact) mass is 450 g/mol. The first-order chi connectivity index (χ1) is 16.5. The lowest BCUT2D eigenvalue weighted by Crippen LogP contribution is -2.28. The van der Waals surface area contributed by atoms with Gasteiger partial charge in [0.15, 0.2) is 0 Å². The molecule has 170 valence electrons. The van der Waals surface area contributed by atoms with Gasteiger partial charge in [0.2, 0.25) is 0 Å². The second kappa shape index (κ2) is 6.93. The first kappa shape index (κ1) is 19.8. The van der Waals surface area contributed by atoms with Crippen LogP contribution in [-0.4, -0.2) is 46.0 Å². The van der Waals surface area contributed by atoms with Gasteiger partial charge in [-0.1, -0.05) is 36.4 Å². The summed E-state index contributed by atoms with van der Waals surface area (Å²) < 4.78 is 4.44. The Bertz CT molecular complexity index is 1570. The number of nitrogens with one attached hydrogen (secondary N) is 1. The lowest BCUT2D eigenvalue weighted by Gasteiger charge is -2.28. The van der Waals surface area contributed by atoms with E-state index in [0.29, 0.717) is 23.0 Å². The fourth-order valence-electron chi connectivity index (χ4n) is 6.64. The average Bonchev–Trinajstić information content (AvgIpc) is 3.53. The van der Waals surface area contributed by atoms with Gasteiger partial charge in [0.25, 0.3) is 11.8 Å². The zero-order valence-corrected chi connectivity index (χ0v) is 19.3. The van der Waals surface area contributed by atoms with Crippen molar-refractivity contribution in [1.29, 1.82) is 0 Å². The number of hydrogen-bond acceptors (Lipinski definition) is 3. The minimum Gasteiger partial charge on any atom is -0.350 e. The van der Waals surface area contributed by atoms with Crippen molar-refractivity contribution in [2.45, 2.75) is 13.0 Å². The first-order valence-corrected chi connectivity index (χ1v) is 11.9. The van der Waals surface area contributed by atoms with Gasteiger partial charge in [-0.25, -0.2) is 0 Å². The molecule has 0 saturated carbocycles. The molecule has 0 bridgehead atoms. The van der Waals surface area contributed by atoms with Gasteiger partial charge >= 0.3 is 0 Å². The van der Waals surface area contributed by atoms with Crippen molar-refractivity contribution in [2.75, 3.05) is 20.1 Å². The Morgan fingerprint density at radius 1 is 0.794 bits per heavy atom. The molecule has 1 fully saturated rings. The van der Waals surface area contributed by atoms with Crippen LogP contribution in [0.15, 0.2) is 54.7 Å². The van der Waals surface area contributed by atoms with E-state index in [2.05, 4.69) is 40.0 Å². The number of nitrogens with zero attached hydrogens (tertiary/aromatic N) is 3. The second-order valence-corrected chi connectivity index (χ2v) is 10.1. The predicted molar refractivity (Wildman–Crippen MR) is 133 cm³/mol. The van der Waals surface area contributed by atoms with E-state index in [1.54, 1.807) is 0 Å². The van der Waals surface area contributed by atoms with Crippen molar-refractivity contribution in [3.63, 3.8) is 0 Å². The van der Waals surface area contributed by atoms with Crippen LogP contribution in [0.1, 0.15) is 16.8 Å². The van der Waals surface area contributed by atoms with Crippen molar-refractivity contribution in [3.05, 3.63) is 71.5 Å². The van der Waals surface area contributed by atoms with Gasteiger partial charge in [0.05, 0.1) is 11.1 Å². The van der Waals surface area contributed by atoms with Crippen LogP contribution in [0.5, 0.6) is 0 Å². The van der Waals surface area contributed by atoms with Crippen molar-refractivity contribution in [2.24, 2.45) is 18.9 Å². The number of hydrogen-bond donors (Lipinski definition) is 1. The average molecular weight is 451 g/mol. The molecule has 3 aliphatic rings. The normalized spacial score (nSPS) is 22.6. The smallest absolute Gasteiger partial charge is 0.259 e. The van der Waals surface area contributed by atoms with Gasteiger partial charge in [-0.2, -0.15) is 0 Å². The van der Waals surface area contributed by atoms with Crippen molar-refractivity contribution in [1.82, 2.24) is 19.4 Å². The maximum Gasteiger partial charge on any atom is 0.259 e. The maximum absolute atomic E-state index is 13.4. The molecule has 4 aromatic rings. The van der Waals surface area contributed by atoms with Crippen LogP contribution >= 0.6 is 0 Å². The third-order valence-electron chi connectivity index (χ3n) is 8.06. The molecule has 2 atom stereocenters. The van der Waals surface area contributed by atoms with E-state index in [9.17, 15) is 9.59 Å².